The van der Waals surface area contributed by atoms with Crippen LogP contribution in [0, 0.1) is 0 Å². The number of hydrogen-bond donors (Lipinski definition) is 0. The van der Waals surface area contributed by atoms with Gasteiger partial charge in [0.25, 0.3) is 0 Å². The normalized spacial score (nSPS) is 12.9. The molecule has 0 spiro atoms. The fourth-order valence-electron chi connectivity index (χ4n) is 0.928. The Bertz CT molecular complexity index is 144. The molecule has 0 N–H and O–H groups in total. The average Bonchev–Trinajstić information content (AvgIpc) is 2.17. The highest BCUT2D eigenvalue weighted by atomic mass is 28.3. The minimum Gasteiger partial charge on any atom is -0.0922 e. The van der Waals surface area contributed by atoms with Crippen molar-refractivity contribution < 1.29 is 0 Å². The topological polar surface area (TPSA) is 0 Å². The summed E-state index contributed by atoms with van der Waals surface area (Å²) in [5, 5.41) is 0. The third-order valence-corrected chi connectivity index (χ3v) is 3.50. The lowest BCUT2D eigenvalue weighted by Crippen LogP contribution is -2.01. The van der Waals surface area contributed by atoms with Gasteiger partial charge in [0.1, 0.15) is 8.80 Å². The zero-order valence-corrected chi connectivity index (χ0v) is 10.1. The third kappa shape index (κ3) is 7.79. The van der Waals surface area contributed by atoms with Gasteiger partial charge >= 0.3 is 0 Å². The average molecular weight is 193 g/mol. The van der Waals surface area contributed by atoms with Crippen molar-refractivity contribution in [1.29, 1.82) is 0 Å². The van der Waals surface area contributed by atoms with Crippen LogP contribution in [0.5, 0.6) is 0 Å². The van der Waals surface area contributed by atoms with Crippen LogP contribution < -0.4 is 0 Å². The molecule has 0 amide bonds. The van der Waals surface area contributed by atoms with Crippen LogP contribution in [0.25, 0.3) is 0 Å². The lowest BCUT2D eigenvalue weighted by Gasteiger charge is -1.96. The Morgan fingerprint density at radius 2 is 1.00 bits per heavy atom. The predicted octanol–water partition coefficient (Wildman–Crippen LogP) is 4.00. The molecule has 0 rings (SSSR count). The quantitative estimate of drug-likeness (QED) is 0.559. The van der Waals surface area contributed by atoms with Gasteiger partial charge in [-0.2, -0.15) is 0 Å². The Hall–Kier alpha value is -0.563. The van der Waals surface area contributed by atoms with E-state index in [-0.39, 0.29) is 0 Å². The first-order valence-electron chi connectivity index (χ1n) is 5.21. The predicted molar refractivity (Wildman–Crippen MR) is 64.0 cm³/mol. The van der Waals surface area contributed by atoms with Crippen molar-refractivity contribution in [3.8, 4) is 0 Å². The molecule has 0 aliphatic heterocycles. The minimum atomic E-state index is -0.474. The summed E-state index contributed by atoms with van der Waals surface area (Å²) in [5.41, 5.74) is 7.09. The maximum atomic E-state index is 2.36. The maximum Gasteiger partial charge on any atom is 0.130 e. The van der Waals surface area contributed by atoms with Crippen molar-refractivity contribution in [2.75, 3.05) is 0 Å². The van der Waals surface area contributed by atoms with Crippen molar-refractivity contribution >= 4 is 8.80 Å². The van der Waals surface area contributed by atoms with Gasteiger partial charge < -0.3 is 0 Å². The van der Waals surface area contributed by atoms with Crippen LogP contribution in [0.2, 0.25) is 0 Å². The van der Waals surface area contributed by atoms with Gasteiger partial charge in [0.05, 0.1) is 0 Å². The summed E-state index contributed by atoms with van der Waals surface area (Å²) >= 11 is 0. The van der Waals surface area contributed by atoms with Crippen LogP contribution in [-0.4, -0.2) is 8.80 Å². The molecule has 0 saturated carbocycles. The Morgan fingerprint density at radius 1 is 0.692 bits per heavy atom. The molecule has 1 radical (unpaired) electrons. The van der Waals surface area contributed by atoms with Crippen molar-refractivity contribution in [3.05, 3.63) is 35.3 Å². The Kier molecular flexibility index (Phi) is 9.11. The molecule has 0 aliphatic carbocycles. The van der Waals surface area contributed by atoms with Gasteiger partial charge in [-0.05, 0) is 19.3 Å². The van der Waals surface area contributed by atoms with Crippen molar-refractivity contribution in [1.82, 2.24) is 0 Å². The fourth-order valence-corrected chi connectivity index (χ4v) is 2.79. The zero-order chi connectivity index (χ0) is 9.94. The molecular weight excluding hydrogens is 172 g/mol. The monoisotopic (exact) mass is 193 g/mol. The minimum absolute atomic E-state index is 0.474. The second-order valence-corrected chi connectivity index (χ2v) is 4.93. The summed E-state index contributed by atoms with van der Waals surface area (Å²) in [5.74, 6) is 0. The Balaban J connectivity index is 4.10. The van der Waals surface area contributed by atoms with Gasteiger partial charge in [-0.1, -0.05) is 56.1 Å². The Labute approximate surface area is 84.7 Å². The lowest BCUT2D eigenvalue weighted by atomic mass is 10.5. The highest BCUT2D eigenvalue weighted by Crippen LogP contribution is 1.96. The molecule has 0 aliphatic rings. The molecule has 73 valence electrons. The molecule has 0 bridgehead atoms. The van der Waals surface area contributed by atoms with E-state index >= 15 is 0 Å². The molecule has 0 fully saturated rings. The first-order valence-corrected chi connectivity index (χ1v) is 6.94. The molecule has 0 heterocycles. The van der Waals surface area contributed by atoms with E-state index in [4.69, 9.17) is 0 Å². The molecule has 0 atom stereocenters. The SMILES string of the molecule is CC/C=C/[Si](/C=C/CC)/C=C/CC. The second kappa shape index (κ2) is 9.52. The first kappa shape index (κ1) is 12.4. The van der Waals surface area contributed by atoms with Gasteiger partial charge in [-0.25, -0.2) is 0 Å². The van der Waals surface area contributed by atoms with E-state index in [0.29, 0.717) is 0 Å². The van der Waals surface area contributed by atoms with Gasteiger partial charge in [0, 0.05) is 0 Å². The van der Waals surface area contributed by atoms with Gasteiger partial charge in [-0.3, -0.25) is 0 Å². The summed E-state index contributed by atoms with van der Waals surface area (Å²) < 4.78 is 0. The highest BCUT2D eigenvalue weighted by molar-refractivity contribution is 6.74. The lowest BCUT2D eigenvalue weighted by molar-refractivity contribution is 1.22. The van der Waals surface area contributed by atoms with Gasteiger partial charge in [-0.15, -0.1) is 0 Å². The maximum absolute atomic E-state index is 2.36. The summed E-state index contributed by atoms with van der Waals surface area (Å²) in [7, 11) is -0.474. The number of allylic oxidation sites excluding steroid dienone is 3. The Morgan fingerprint density at radius 3 is 1.23 bits per heavy atom. The first-order chi connectivity index (χ1) is 6.35. The summed E-state index contributed by atoms with van der Waals surface area (Å²) in [6, 6.07) is 0. The molecule has 0 aromatic rings. The molecular formula is C12H21Si. The molecule has 0 unspecified atom stereocenters. The molecule has 0 aromatic heterocycles. The fraction of sp³-hybridized carbons (Fsp3) is 0.500. The number of hydrogen-bond acceptors (Lipinski definition) is 0. The summed E-state index contributed by atoms with van der Waals surface area (Å²) in [6.07, 6.45) is 10.3. The van der Waals surface area contributed by atoms with Crippen LogP contribution in [-0.2, 0) is 0 Å². The van der Waals surface area contributed by atoms with Crippen LogP contribution in [0.3, 0.4) is 0 Å². The van der Waals surface area contributed by atoms with Crippen LogP contribution >= 0.6 is 0 Å². The van der Waals surface area contributed by atoms with E-state index in [1.54, 1.807) is 0 Å². The van der Waals surface area contributed by atoms with E-state index in [1.807, 2.05) is 0 Å². The van der Waals surface area contributed by atoms with E-state index in [2.05, 4.69) is 56.1 Å². The van der Waals surface area contributed by atoms with E-state index in [9.17, 15) is 0 Å². The standard InChI is InChI=1S/C12H21Si/c1-4-7-10-13(11-8-5-2)12-9-6-3/h7-12H,4-6H2,1-3H3/b10-7+,11-8+,12-9+. The van der Waals surface area contributed by atoms with Crippen LogP contribution in [0.15, 0.2) is 35.3 Å². The molecule has 0 saturated heterocycles. The van der Waals surface area contributed by atoms with Crippen molar-refractivity contribution in [2.24, 2.45) is 0 Å². The van der Waals surface area contributed by atoms with E-state index in [1.165, 1.54) is 0 Å². The van der Waals surface area contributed by atoms with E-state index < -0.39 is 8.80 Å². The van der Waals surface area contributed by atoms with Crippen LogP contribution in [0.4, 0.5) is 0 Å². The number of rotatable bonds is 6. The van der Waals surface area contributed by atoms with Crippen LogP contribution in [0.1, 0.15) is 40.0 Å². The van der Waals surface area contributed by atoms with Crippen molar-refractivity contribution in [3.63, 3.8) is 0 Å². The molecule has 0 aromatic carbocycles. The van der Waals surface area contributed by atoms with Gasteiger partial charge in [0.15, 0.2) is 0 Å². The van der Waals surface area contributed by atoms with Crippen molar-refractivity contribution in [2.45, 2.75) is 40.0 Å². The van der Waals surface area contributed by atoms with E-state index in [0.717, 1.165) is 19.3 Å². The zero-order valence-electron chi connectivity index (χ0n) is 9.09. The third-order valence-electron chi connectivity index (χ3n) is 1.64. The highest BCUT2D eigenvalue weighted by Gasteiger charge is 1.94. The molecule has 1 heteroatoms. The summed E-state index contributed by atoms with van der Waals surface area (Å²) in [4.78, 5) is 0. The second-order valence-electron chi connectivity index (χ2n) is 2.93. The summed E-state index contributed by atoms with van der Waals surface area (Å²) in [6.45, 7) is 6.55. The largest absolute Gasteiger partial charge is 0.130 e. The molecule has 0 nitrogen and oxygen atoms in total. The van der Waals surface area contributed by atoms with Gasteiger partial charge in [0.2, 0.25) is 0 Å². The smallest absolute Gasteiger partial charge is 0.0922 e. The molecule has 13 heavy (non-hydrogen) atoms.